The third-order valence-electron chi connectivity index (χ3n) is 2.25. The minimum absolute atomic E-state index is 0.282. The molecular formula is C9H10ClN5O2. The number of nitrogens with zero attached hydrogens (tertiary/aromatic N) is 4. The molecule has 17 heavy (non-hydrogen) atoms. The van der Waals surface area contributed by atoms with Crippen LogP contribution in [-0.2, 0) is 6.54 Å². The van der Waals surface area contributed by atoms with Crippen molar-refractivity contribution in [3.63, 3.8) is 0 Å². The Bertz CT molecular complexity index is 447. The van der Waals surface area contributed by atoms with Crippen molar-refractivity contribution >= 4 is 17.6 Å². The van der Waals surface area contributed by atoms with Crippen molar-refractivity contribution in [2.75, 3.05) is 13.1 Å². The smallest absolute Gasteiger partial charge is 0.257 e. The van der Waals surface area contributed by atoms with E-state index in [1.165, 1.54) is 0 Å². The number of hydrogen-bond donors (Lipinski definition) is 1. The topological polar surface area (TPSA) is 83.7 Å². The lowest BCUT2D eigenvalue weighted by Crippen LogP contribution is -2.41. The highest BCUT2D eigenvalue weighted by molar-refractivity contribution is 6.29. The fraction of sp³-hybridized carbons (Fsp3) is 0.333. The average Bonchev–Trinajstić information content (AvgIpc) is 2.76. The average molecular weight is 256 g/mol. The highest BCUT2D eigenvalue weighted by atomic mass is 35.5. The third kappa shape index (κ3) is 2.82. The molecule has 8 heteroatoms. The molecule has 0 fully saturated rings. The van der Waals surface area contributed by atoms with Crippen LogP contribution in [0.1, 0.15) is 5.56 Å². The van der Waals surface area contributed by atoms with Crippen molar-refractivity contribution in [1.29, 1.82) is 0 Å². The van der Waals surface area contributed by atoms with E-state index < -0.39 is 5.03 Å². The van der Waals surface area contributed by atoms with Gasteiger partial charge >= 0.3 is 0 Å². The van der Waals surface area contributed by atoms with Crippen LogP contribution in [0.25, 0.3) is 0 Å². The molecule has 2 heterocycles. The van der Waals surface area contributed by atoms with Crippen LogP contribution < -0.4 is 5.32 Å². The zero-order chi connectivity index (χ0) is 12.3. The van der Waals surface area contributed by atoms with Crippen molar-refractivity contribution in [3.8, 4) is 0 Å². The third-order valence-corrected chi connectivity index (χ3v) is 2.48. The van der Waals surface area contributed by atoms with Crippen LogP contribution in [0.4, 0.5) is 0 Å². The summed E-state index contributed by atoms with van der Waals surface area (Å²) in [5, 5.41) is 14.5. The summed E-state index contributed by atoms with van der Waals surface area (Å²) in [5.41, 5.74) is 0.882. The summed E-state index contributed by atoms with van der Waals surface area (Å²) in [4.78, 5) is 18.6. The van der Waals surface area contributed by atoms with Crippen LogP contribution in [0.5, 0.6) is 0 Å². The molecule has 1 aliphatic rings. The van der Waals surface area contributed by atoms with Crippen molar-refractivity contribution in [2.24, 2.45) is 4.99 Å². The molecular weight excluding hydrogens is 246 g/mol. The van der Waals surface area contributed by atoms with Gasteiger partial charge in [0.25, 0.3) is 5.96 Å². The van der Waals surface area contributed by atoms with E-state index in [0.29, 0.717) is 24.8 Å². The lowest BCUT2D eigenvalue weighted by atomic mass is 10.3. The summed E-state index contributed by atoms with van der Waals surface area (Å²) in [6.07, 6.45) is 1.61. The van der Waals surface area contributed by atoms with Gasteiger partial charge in [-0.15, -0.1) is 0 Å². The lowest BCUT2D eigenvalue weighted by Gasteiger charge is -2.10. The molecule has 1 aromatic heterocycles. The Morgan fingerprint density at radius 2 is 2.41 bits per heavy atom. The Balaban J connectivity index is 1.94. The number of aliphatic imine (C=N–C) groups is 1. The van der Waals surface area contributed by atoms with E-state index in [1.807, 2.05) is 0 Å². The fourth-order valence-corrected chi connectivity index (χ4v) is 1.55. The summed E-state index contributed by atoms with van der Waals surface area (Å²) in [5.74, 6) is 0.282. The van der Waals surface area contributed by atoms with Crippen LogP contribution >= 0.6 is 11.6 Å². The number of guanidine groups is 1. The number of hydrazine groups is 1. The zero-order valence-corrected chi connectivity index (χ0v) is 9.59. The minimum Gasteiger partial charge on any atom is -0.348 e. The second-order valence-corrected chi connectivity index (χ2v) is 3.80. The summed E-state index contributed by atoms with van der Waals surface area (Å²) in [6.45, 7) is 1.16. The molecule has 1 aromatic rings. The van der Waals surface area contributed by atoms with Crippen molar-refractivity contribution in [2.45, 2.75) is 6.54 Å². The van der Waals surface area contributed by atoms with E-state index in [4.69, 9.17) is 11.6 Å². The van der Waals surface area contributed by atoms with Crippen molar-refractivity contribution in [3.05, 3.63) is 39.2 Å². The van der Waals surface area contributed by atoms with Gasteiger partial charge < -0.3 is 5.32 Å². The van der Waals surface area contributed by atoms with E-state index in [0.717, 1.165) is 10.6 Å². The predicted molar refractivity (Wildman–Crippen MR) is 62.1 cm³/mol. The van der Waals surface area contributed by atoms with Gasteiger partial charge in [0.1, 0.15) is 11.7 Å². The molecule has 0 unspecified atom stereocenters. The molecule has 0 saturated carbocycles. The number of aromatic nitrogens is 1. The van der Waals surface area contributed by atoms with Crippen LogP contribution in [0.2, 0.25) is 5.15 Å². The monoisotopic (exact) mass is 255 g/mol. The molecule has 0 atom stereocenters. The van der Waals surface area contributed by atoms with E-state index in [9.17, 15) is 10.1 Å². The molecule has 0 spiro atoms. The molecule has 7 nitrogen and oxygen atoms in total. The van der Waals surface area contributed by atoms with Crippen LogP contribution in [-0.4, -0.2) is 34.1 Å². The van der Waals surface area contributed by atoms with E-state index in [2.05, 4.69) is 15.3 Å². The number of halogens is 1. The Kier molecular flexibility index (Phi) is 3.38. The minimum atomic E-state index is -0.473. The van der Waals surface area contributed by atoms with Gasteiger partial charge in [-0.1, -0.05) is 22.7 Å². The van der Waals surface area contributed by atoms with Crippen LogP contribution in [0.15, 0.2) is 23.3 Å². The second kappa shape index (κ2) is 4.96. The van der Waals surface area contributed by atoms with Crippen molar-refractivity contribution in [1.82, 2.24) is 15.3 Å². The predicted octanol–water partition coefficient (Wildman–Crippen LogP) is 0.688. The number of pyridine rings is 1. The molecule has 0 radical (unpaired) electrons. The Labute approximate surface area is 102 Å². The SMILES string of the molecule is O=[N+]([O-])N1CCN=C1NCc1ccc(Cl)nc1. The lowest BCUT2D eigenvalue weighted by molar-refractivity contribution is -0.627. The first-order chi connectivity index (χ1) is 8.16. The zero-order valence-electron chi connectivity index (χ0n) is 8.84. The molecule has 0 aromatic carbocycles. The fourth-order valence-electron chi connectivity index (χ4n) is 1.44. The Hall–Kier alpha value is -1.89. The van der Waals surface area contributed by atoms with Gasteiger partial charge in [-0.25, -0.2) is 20.1 Å². The quantitative estimate of drug-likeness (QED) is 0.488. The van der Waals surface area contributed by atoms with E-state index in [-0.39, 0.29) is 5.96 Å². The first-order valence-corrected chi connectivity index (χ1v) is 5.35. The molecule has 0 saturated heterocycles. The second-order valence-electron chi connectivity index (χ2n) is 3.41. The van der Waals surface area contributed by atoms with Crippen LogP contribution in [0.3, 0.4) is 0 Å². The van der Waals surface area contributed by atoms with Gasteiger partial charge in [-0.3, -0.25) is 0 Å². The molecule has 90 valence electrons. The Morgan fingerprint density at radius 3 is 3.06 bits per heavy atom. The van der Waals surface area contributed by atoms with E-state index in [1.54, 1.807) is 18.3 Å². The highest BCUT2D eigenvalue weighted by Gasteiger charge is 2.25. The number of nitro groups is 1. The van der Waals surface area contributed by atoms with Crippen LogP contribution in [0, 0.1) is 10.1 Å². The normalized spacial score (nSPS) is 14.6. The standard InChI is InChI=1S/C9H10ClN5O2/c10-8-2-1-7(5-12-8)6-13-9-11-3-4-14(9)15(16)17/h1-2,5H,3-4,6H2,(H,11,13). The molecule has 0 bridgehead atoms. The van der Waals surface area contributed by atoms with Gasteiger partial charge in [0.15, 0.2) is 5.03 Å². The molecule has 0 amide bonds. The van der Waals surface area contributed by atoms with Gasteiger partial charge in [-0.2, -0.15) is 0 Å². The summed E-state index contributed by atoms with van der Waals surface area (Å²) < 4.78 is 0. The summed E-state index contributed by atoms with van der Waals surface area (Å²) >= 11 is 5.65. The van der Waals surface area contributed by atoms with Gasteiger partial charge in [0, 0.05) is 12.7 Å². The number of nitrogens with one attached hydrogen (secondary N) is 1. The highest BCUT2D eigenvalue weighted by Crippen LogP contribution is 2.06. The summed E-state index contributed by atoms with van der Waals surface area (Å²) in [7, 11) is 0. The first kappa shape index (κ1) is 11.6. The molecule has 1 aliphatic heterocycles. The number of hydrogen-bond acceptors (Lipinski definition) is 5. The summed E-state index contributed by atoms with van der Waals surface area (Å²) in [6, 6.07) is 3.47. The maximum atomic E-state index is 10.6. The first-order valence-electron chi connectivity index (χ1n) is 4.97. The van der Waals surface area contributed by atoms with Crippen molar-refractivity contribution < 1.29 is 5.03 Å². The van der Waals surface area contributed by atoms with Gasteiger partial charge in [0.05, 0.1) is 6.54 Å². The molecule has 1 N–H and O–H groups in total. The maximum Gasteiger partial charge on any atom is 0.257 e. The van der Waals surface area contributed by atoms with E-state index >= 15 is 0 Å². The van der Waals surface area contributed by atoms with Gasteiger partial charge in [-0.05, 0) is 11.6 Å². The molecule has 0 aliphatic carbocycles. The Morgan fingerprint density at radius 1 is 1.59 bits per heavy atom. The largest absolute Gasteiger partial charge is 0.348 e. The van der Waals surface area contributed by atoms with Gasteiger partial charge in [0.2, 0.25) is 0 Å². The number of rotatable bonds is 3. The maximum absolute atomic E-state index is 10.6. The molecule has 2 rings (SSSR count).